The minimum absolute atomic E-state index is 0.0598. The van der Waals surface area contributed by atoms with Crippen molar-refractivity contribution in [3.8, 4) is 0 Å². The second-order valence-electron chi connectivity index (χ2n) is 4.86. The van der Waals surface area contributed by atoms with Gasteiger partial charge in [-0.3, -0.25) is 9.59 Å². The number of aryl methyl sites for hydroxylation is 2. The number of hydrogen-bond donors (Lipinski definition) is 1. The minimum atomic E-state index is -0.840. The molecule has 0 aliphatic heterocycles. The highest BCUT2D eigenvalue weighted by Crippen LogP contribution is 2.23. The molecule has 0 spiro atoms. The van der Waals surface area contributed by atoms with Gasteiger partial charge in [0.2, 0.25) is 0 Å². The van der Waals surface area contributed by atoms with Gasteiger partial charge >= 0.3 is 5.97 Å². The van der Waals surface area contributed by atoms with E-state index in [1.165, 1.54) is 24.0 Å². The minimum Gasteiger partial charge on any atom is -0.481 e. The lowest BCUT2D eigenvalue weighted by molar-refractivity contribution is -0.137. The van der Waals surface area contributed by atoms with E-state index in [1.807, 2.05) is 12.1 Å². The van der Waals surface area contributed by atoms with Crippen molar-refractivity contribution in [3.63, 3.8) is 0 Å². The number of carbonyl (C=O) groups is 2. The zero-order valence-electron chi connectivity index (χ0n) is 10.4. The van der Waals surface area contributed by atoms with Crippen molar-refractivity contribution in [3.05, 3.63) is 34.9 Å². The Labute approximate surface area is 107 Å². The summed E-state index contributed by atoms with van der Waals surface area (Å²) < 4.78 is 0. The smallest absolute Gasteiger partial charge is 0.303 e. The van der Waals surface area contributed by atoms with Crippen molar-refractivity contribution >= 4 is 11.8 Å². The van der Waals surface area contributed by atoms with Gasteiger partial charge < -0.3 is 5.11 Å². The fraction of sp³-hybridized carbons (Fsp3) is 0.467. The third-order valence-corrected chi connectivity index (χ3v) is 3.46. The van der Waals surface area contributed by atoms with E-state index in [-0.39, 0.29) is 12.2 Å². The Bertz CT molecular complexity index is 463. The zero-order valence-corrected chi connectivity index (χ0v) is 10.4. The first-order valence-electron chi connectivity index (χ1n) is 6.53. The van der Waals surface area contributed by atoms with Gasteiger partial charge in [-0.2, -0.15) is 0 Å². The zero-order chi connectivity index (χ0) is 13.0. The standard InChI is InChI=1S/C15H18O3/c16-14(6-3-7-15(17)18)13-9-8-11-4-1-2-5-12(11)10-13/h8-10H,1-7H2,(H,17,18). The average Bonchev–Trinajstić information content (AvgIpc) is 2.37. The number of benzene rings is 1. The van der Waals surface area contributed by atoms with E-state index < -0.39 is 5.97 Å². The molecule has 1 aromatic carbocycles. The molecule has 96 valence electrons. The summed E-state index contributed by atoms with van der Waals surface area (Å²) in [4.78, 5) is 22.3. The van der Waals surface area contributed by atoms with Crippen molar-refractivity contribution in [2.75, 3.05) is 0 Å². The van der Waals surface area contributed by atoms with Crippen molar-refractivity contribution in [2.45, 2.75) is 44.9 Å². The Hall–Kier alpha value is -1.64. The SMILES string of the molecule is O=C(O)CCCC(=O)c1ccc2c(c1)CCCC2. The van der Waals surface area contributed by atoms with Crippen molar-refractivity contribution in [1.82, 2.24) is 0 Å². The first kappa shape index (κ1) is 12.8. The molecule has 0 unspecified atom stereocenters. The van der Waals surface area contributed by atoms with Crippen molar-refractivity contribution < 1.29 is 14.7 Å². The summed E-state index contributed by atoms with van der Waals surface area (Å²) >= 11 is 0. The lowest BCUT2D eigenvalue weighted by atomic mass is 9.89. The highest BCUT2D eigenvalue weighted by Gasteiger charge is 2.13. The molecule has 2 rings (SSSR count). The summed E-state index contributed by atoms with van der Waals surface area (Å²) in [7, 11) is 0. The van der Waals surface area contributed by atoms with Crippen molar-refractivity contribution in [1.29, 1.82) is 0 Å². The van der Waals surface area contributed by atoms with E-state index in [4.69, 9.17) is 5.11 Å². The third kappa shape index (κ3) is 3.19. The number of carbonyl (C=O) groups excluding carboxylic acids is 1. The number of aliphatic carboxylic acids is 1. The second kappa shape index (κ2) is 5.80. The Kier molecular flexibility index (Phi) is 4.13. The molecular weight excluding hydrogens is 228 g/mol. The van der Waals surface area contributed by atoms with Gasteiger partial charge in [-0.05, 0) is 49.3 Å². The van der Waals surface area contributed by atoms with Gasteiger partial charge in [0.25, 0.3) is 0 Å². The first-order chi connectivity index (χ1) is 8.66. The molecule has 3 heteroatoms. The van der Waals surface area contributed by atoms with Gasteiger partial charge in [-0.1, -0.05) is 12.1 Å². The van der Waals surface area contributed by atoms with Crippen LogP contribution in [0.1, 0.15) is 53.6 Å². The predicted molar refractivity (Wildman–Crippen MR) is 68.9 cm³/mol. The normalized spacial score (nSPS) is 14.0. The number of fused-ring (bicyclic) bond motifs is 1. The van der Waals surface area contributed by atoms with E-state index in [1.54, 1.807) is 0 Å². The van der Waals surface area contributed by atoms with Crippen LogP contribution in [-0.2, 0) is 17.6 Å². The molecule has 0 bridgehead atoms. The van der Waals surface area contributed by atoms with Gasteiger partial charge in [0.05, 0.1) is 0 Å². The fourth-order valence-electron chi connectivity index (χ4n) is 2.45. The molecule has 1 aliphatic rings. The number of carboxylic acids is 1. The summed E-state index contributed by atoms with van der Waals surface area (Å²) in [6.07, 6.45) is 5.42. The van der Waals surface area contributed by atoms with Gasteiger partial charge in [0.1, 0.15) is 0 Å². The largest absolute Gasteiger partial charge is 0.481 e. The number of Topliss-reactive ketones (excluding diaryl/α,β-unsaturated/α-hetero) is 1. The molecule has 0 saturated carbocycles. The van der Waals surface area contributed by atoms with E-state index in [9.17, 15) is 9.59 Å². The lowest BCUT2D eigenvalue weighted by Crippen LogP contribution is -2.06. The molecule has 1 aromatic rings. The van der Waals surface area contributed by atoms with Crippen LogP contribution in [0.2, 0.25) is 0 Å². The van der Waals surface area contributed by atoms with Crippen LogP contribution >= 0.6 is 0 Å². The topological polar surface area (TPSA) is 54.4 Å². The van der Waals surface area contributed by atoms with Crippen LogP contribution in [0, 0.1) is 0 Å². The summed E-state index contributed by atoms with van der Waals surface area (Å²) in [5.74, 6) is -0.780. The molecule has 0 fully saturated rings. The molecule has 0 saturated heterocycles. The Morgan fingerprint density at radius 1 is 1.06 bits per heavy atom. The quantitative estimate of drug-likeness (QED) is 0.812. The maximum absolute atomic E-state index is 11.9. The Morgan fingerprint density at radius 2 is 1.78 bits per heavy atom. The maximum atomic E-state index is 11.9. The van der Waals surface area contributed by atoms with E-state index >= 15 is 0 Å². The van der Waals surface area contributed by atoms with Crippen LogP contribution in [0.25, 0.3) is 0 Å². The van der Waals surface area contributed by atoms with Crippen molar-refractivity contribution in [2.24, 2.45) is 0 Å². The Balaban J connectivity index is 2.00. The van der Waals surface area contributed by atoms with E-state index in [0.29, 0.717) is 12.8 Å². The monoisotopic (exact) mass is 246 g/mol. The van der Waals surface area contributed by atoms with E-state index in [2.05, 4.69) is 6.07 Å². The summed E-state index contributed by atoms with van der Waals surface area (Å²) in [6.45, 7) is 0. The van der Waals surface area contributed by atoms with Crippen LogP contribution < -0.4 is 0 Å². The molecular formula is C15H18O3. The molecule has 1 N–H and O–H groups in total. The number of hydrogen-bond acceptors (Lipinski definition) is 2. The molecule has 0 radical (unpaired) electrons. The van der Waals surface area contributed by atoms with Gasteiger partial charge in [-0.15, -0.1) is 0 Å². The summed E-state index contributed by atoms with van der Waals surface area (Å²) in [6, 6.07) is 5.93. The molecule has 0 atom stereocenters. The molecule has 3 nitrogen and oxygen atoms in total. The third-order valence-electron chi connectivity index (χ3n) is 3.46. The first-order valence-corrected chi connectivity index (χ1v) is 6.53. The average molecular weight is 246 g/mol. The molecule has 0 heterocycles. The van der Waals surface area contributed by atoms with Crippen LogP contribution in [-0.4, -0.2) is 16.9 Å². The number of carboxylic acid groups (broad SMARTS) is 1. The maximum Gasteiger partial charge on any atom is 0.303 e. The van der Waals surface area contributed by atoms with Gasteiger partial charge in [0, 0.05) is 18.4 Å². The lowest BCUT2D eigenvalue weighted by Gasteiger charge is -2.16. The predicted octanol–water partition coefficient (Wildman–Crippen LogP) is 3.00. The molecule has 1 aliphatic carbocycles. The molecule has 18 heavy (non-hydrogen) atoms. The highest BCUT2D eigenvalue weighted by atomic mass is 16.4. The van der Waals surface area contributed by atoms with Gasteiger partial charge in [-0.25, -0.2) is 0 Å². The highest BCUT2D eigenvalue weighted by molar-refractivity contribution is 5.96. The Morgan fingerprint density at radius 3 is 2.50 bits per heavy atom. The molecule has 0 aromatic heterocycles. The van der Waals surface area contributed by atoms with Crippen LogP contribution in [0.4, 0.5) is 0 Å². The van der Waals surface area contributed by atoms with Gasteiger partial charge in [0.15, 0.2) is 5.78 Å². The number of rotatable bonds is 5. The second-order valence-corrected chi connectivity index (χ2v) is 4.86. The van der Waals surface area contributed by atoms with E-state index in [0.717, 1.165) is 18.4 Å². The summed E-state index contributed by atoms with van der Waals surface area (Å²) in [5.41, 5.74) is 3.40. The summed E-state index contributed by atoms with van der Waals surface area (Å²) in [5, 5.41) is 8.54. The molecule has 0 amide bonds. The van der Waals surface area contributed by atoms with Crippen LogP contribution in [0.5, 0.6) is 0 Å². The fourth-order valence-corrected chi connectivity index (χ4v) is 2.45. The number of ketones is 1. The van der Waals surface area contributed by atoms with Crippen LogP contribution in [0.15, 0.2) is 18.2 Å². The van der Waals surface area contributed by atoms with Crippen LogP contribution in [0.3, 0.4) is 0 Å².